The monoisotopic (exact) mass is 485 g/mol. The first-order valence-corrected chi connectivity index (χ1v) is 10.2. The van der Waals surface area contributed by atoms with Crippen LogP contribution in [0, 0.1) is 0 Å². The fourth-order valence-electron chi connectivity index (χ4n) is 2.77. The molecule has 0 bridgehead atoms. The minimum Gasteiger partial charge on any atom is -0.383 e. The molecule has 1 amide bonds. The van der Waals surface area contributed by atoms with Crippen molar-refractivity contribution < 1.29 is 9.32 Å². The number of amides is 1. The molecule has 1 atom stereocenters. The van der Waals surface area contributed by atoms with Crippen LogP contribution in [0.4, 0.5) is 5.82 Å². The van der Waals surface area contributed by atoms with Crippen LogP contribution in [0.1, 0.15) is 55.8 Å². The largest absolute Gasteiger partial charge is 0.383 e. The number of nitrogens with zero attached hydrogens (tertiary/aromatic N) is 6. The van der Waals surface area contributed by atoms with E-state index in [0.29, 0.717) is 38.7 Å². The van der Waals surface area contributed by atoms with Crippen LogP contribution in [-0.4, -0.2) is 41.0 Å². The third kappa shape index (κ3) is 4.10. The van der Waals surface area contributed by atoms with Crippen molar-refractivity contribution in [1.29, 1.82) is 0 Å². The zero-order valence-electron chi connectivity index (χ0n) is 17.3. The number of aromatic nitrogens is 7. The van der Waals surface area contributed by atoms with Gasteiger partial charge in [-0.1, -0.05) is 25.9 Å². The summed E-state index contributed by atoms with van der Waals surface area (Å²) in [4.78, 5) is 36.9. The van der Waals surface area contributed by atoms with Crippen LogP contribution in [0.15, 0.2) is 27.6 Å². The fourth-order valence-corrected chi connectivity index (χ4v) is 3.16. The lowest BCUT2D eigenvalue weighted by atomic mass is 9.96. The lowest BCUT2D eigenvalue weighted by Crippen LogP contribution is -2.27. The van der Waals surface area contributed by atoms with Crippen LogP contribution in [-0.2, 0) is 5.41 Å². The number of aromatic amines is 1. The molecule has 0 aliphatic carbocycles. The lowest BCUT2D eigenvalue weighted by Gasteiger charge is -2.15. The molecule has 0 fully saturated rings. The zero-order valence-corrected chi connectivity index (χ0v) is 18.9. The molecule has 4 rings (SSSR count). The Morgan fingerprint density at radius 1 is 1.26 bits per heavy atom. The lowest BCUT2D eigenvalue weighted by molar-refractivity contribution is 0.0927. The normalized spacial score (nSPS) is 12.8. The van der Waals surface area contributed by atoms with E-state index in [0.717, 1.165) is 0 Å². The van der Waals surface area contributed by atoms with E-state index in [-0.39, 0.29) is 16.9 Å². The van der Waals surface area contributed by atoms with E-state index >= 15 is 0 Å². The average Bonchev–Trinajstić information content (AvgIpc) is 3.35. The molecule has 0 saturated carbocycles. The highest BCUT2D eigenvalue weighted by atomic mass is 79.9. The number of nitrogens with one attached hydrogen (secondary N) is 2. The van der Waals surface area contributed by atoms with E-state index < -0.39 is 11.9 Å². The summed E-state index contributed by atoms with van der Waals surface area (Å²) < 4.78 is 5.75. The van der Waals surface area contributed by atoms with Gasteiger partial charge in [-0.05, 0) is 22.9 Å². The standard InChI is InChI=1S/C19H20BrN9O2/c1-8(25-17(30)13-12(20)14(21)24-7-23-13)11-5-9(29-31-11)15-26-10-6-22-18(19(2,3)4)28-16(10)27-15/h5-8H,1-4H3,(H,25,30)(H2,21,23,24)(H,22,26,27,28)/t8-/m1/s1. The van der Waals surface area contributed by atoms with Gasteiger partial charge >= 0.3 is 0 Å². The van der Waals surface area contributed by atoms with E-state index in [4.69, 9.17) is 10.3 Å². The van der Waals surface area contributed by atoms with Crippen LogP contribution >= 0.6 is 15.9 Å². The first kappa shape index (κ1) is 20.8. The van der Waals surface area contributed by atoms with Crippen LogP contribution in [0.25, 0.3) is 22.7 Å². The number of carbonyl (C=O) groups excluding carboxylic acids is 1. The van der Waals surface area contributed by atoms with Crippen LogP contribution < -0.4 is 11.1 Å². The van der Waals surface area contributed by atoms with Crippen molar-refractivity contribution in [2.75, 3.05) is 5.73 Å². The minimum absolute atomic E-state index is 0.129. The molecule has 11 nitrogen and oxygen atoms in total. The number of halogens is 1. The highest BCUT2D eigenvalue weighted by Gasteiger charge is 2.22. The van der Waals surface area contributed by atoms with E-state index in [9.17, 15) is 4.79 Å². The van der Waals surface area contributed by atoms with Crippen molar-refractivity contribution >= 4 is 38.8 Å². The number of anilines is 1. The van der Waals surface area contributed by atoms with Crippen LogP contribution in [0.3, 0.4) is 0 Å². The van der Waals surface area contributed by atoms with Crippen molar-refractivity contribution in [2.24, 2.45) is 0 Å². The second kappa shape index (κ2) is 7.69. The van der Waals surface area contributed by atoms with Crippen molar-refractivity contribution in [1.82, 2.24) is 40.4 Å². The number of hydrogen-bond acceptors (Lipinski definition) is 9. The summed E-state index contributed by atoms with van der Waals surface area (Å²) in [6.07, 6.45) is 2.93. The molecule has 0 saturated heterocycles. The molecule has 0 unspecified atom stereocenters. The van der Waals surface area contributed by atoms with Crippen molar-refractivity contribution in [3.63, 3.8) is 0 Å². The number of fused-ring (bicyclic) bond motifs is 1. The van der Waals surface area contributed by atoms with Gasteiger partial charge in [-0.15, -0.1) is 0 Å². The molecule has 4 aromatic heterocycles. The summed E-state index contributed by atoms with van der Waals surface area (Å²) in [6.45, 7) is 7.88. The van der Waals surface area contributed by atoms with E-state index in [2.05, 4.69) is 56.3 Å². The molecule has 4 heterocycles. The Balaban J connectivity index is 1.55. The number of rotatable bonds is 4. The molecule has 0 aromatic carbocycles. The molecule has 4 aromatic rings. The van der Waals surface area contributed by atoms with Crippen LogP contribution in [0.5, 0.6) is 0 Å². The smallest absolute Gasteiger partial charge is 0.271 e. The predicted molar refractivity (Wildman–Crippen MR) is 116 cm³/mol. The highest BCUT2D eigenvalue weighted by molar-refractivity contribution is 9.10. The molecule has 12 heteroatoms. The van der Waals surface area contributed by atoms with Crippen molar-refractivity contribution in [3.05, 3.63) is 40.3 Å². The molecule has 0 aliphatic heterocycles. The van der Waals surface area contributed by atoms with Crippen molar-refractivity contribution in [2.45, 2.75) is 39.2 Å². The average molecular weight is 486 g/mol. The third-order valence-corrected chi connectivity index (χ3v) is 5.27. The van der Waals surface area contributed by atoms with E-state index in [1.54, 1.807) is 19.2 Å². The molecular weight excluding hydrogens is 466 g/mol. The maximum Gasteiger partial charge on any atom is 0.271 e. The van der Waals surface area contributed by atoms with Gasteiger partial charge in [0, 0.05) is 11.5 Å². The first-order valence-electron chi connectivity index (χ1n) is 9.40. The number of imidazole rings is 1. The number of hydrogen-bond donors (Lipinski definition) is 3. The number of nitrogens with two attached hydrogens (primary N) is 1. The summed E-state index contributed by atoms with van der Waals surface area (Å²) in [5.41, 5.74) is 7.37. The van der Waals surface area contributed by atoms with Gasteiger partial charge in [-0.25, -0.2) is 24.9 Å². The summed E-state index contributed by atoms with van der Waals surface area (Å²) in [5, 5.41) is 6.86. The molecule has 160 valence electrons. The number of carbonyl (C=O) groups is 1. The Labute approximate surface area is 185 Å². The molecule has 31 heavy (non-hydrogen) atoms. The van der Waals surface area contributed by atoms with Gasteiger partial charge in [0.15, 0.2) is 17.2 Å². The first-order chi connectivity index (χ1) is 14.6. The van der Waals surface area contributed by atoms with Crippen LogP contribution in [0.2, 0.25) is 0 Å². The van der Waals surface area contributed by atoms with E-state index in [1.165, 1.54) is 6.33 Å². The van der Waals surface area contributed by atoms with Gasteiger partial charge in [0.25, 0.3) is 5.91 Å². The second-order valence-electron chi connectivity index (χ2n) is 8.00. The third-order valence-electron chi connectivity index (χ3n) is 4.49. The Hall–Kier alpha value is -3.41. The summed E-state index contributed by atoms with van der Waals surface area (Å²) in [6, 6.07) is 1.22. The minimum atomic E-state index is -0.478. The number of nitrogen functional groups attached to an aromatic ring is 1. The van der Waals surface area contributed by atoms with Gasteiger partial charge in [0.05, 0.1) is 16.7 Å². The van der Waals surface area contributed by atoms with E-state index in [1.807, 2.05) is 20.8 Å². The summed E-state index contributed by atoms with van der Waals surface area (Å²) >= 11 is 3.23. The Bertz CT molecular complexity index is 1280. The van der Waals surface area contributed by atoms with Gasteiger partial charge in [0.2, 0.25) is 0 Å². The molecule has 0 aliphatic rings. The highest BCUT2D eigenvalue weighted by Crippen LogP contribution is 2.25. The molecule has 0 radical (unpaired) electrons. The maximum atomic E-state index is 12.5. The molecular formula is C19H20BrN9O2. The Morgan fingerprint density at radius 3 is 2.77 bits per heavy atom. The zero-order chi connectivity index (χ0) is 22.3. The van der Waals surface area contributed by atoms with Gasteiger partial charge < -0.3 is 20.6 Å². The Morgan fingerprint density at radius 2 is 2.03 bits per heavy atom. The quantitative estimate of drug-likeness (QED) is 0.394. The maximum absolute atomic E-state index is 12.5. The Kier molecular flexibility index (Phi) is 5.17. The van der Waals surface area contributed by atoms with Crippen molar-refractivity contribution in [3.8, 4) is 11.5 Å². The molecule has 4 N–H and O–H groups in total. The van der Waals surface area contributed by atoms with Gasteiger partial charge in [0.1, 0.15) is 34.9 Å². The summed E-state index contributed by atoms with van der Waals surface area (Å²) in [7, 11) is 0. The molecule has 0 spiro atoms. The SMILES string of the molecule is C[C@@H](NC(=O)c1ncnc(N)c1Br)c1cc(-c2nc3nc(C(C)(C)C)ncc3[nH]2)no1. The number of H-pyrrole nitrogens is 1. The second-order valence-corrected chi connectivity index (χ2v) is 8.79. The predicted octanol–water partition coefficient (Wildman–Crippen LogP) is 2.93. The topological polar surface area (TPSA) is 161 Å². The van der Waals surface area contributed by atoms with Gasteiger partial charge in [-0.2, -0.15) is 0 Å². The fraction of sp³-hybridized carbons (Fsp3) is 0.316. The van der Waals surface area contributed by atoms with Gasteiger partial charge in [-0.3, -0.25) is 4.79 Å². The summed E-state index contributed by atoms with van der Waals surface area (Å²) in [5.74, 6) is 1.39.